The van der Waals surface area contributed by atoms with E-state index in [0.29, 0.717) is 0 Å². The third-order valence-electron chi connectivity index (χ3n) is 5.79. The minimum Gasteiger partial charge on any atom is -0.225 e. The van der Waals surface area contributed by atoms with Gasteiger partial charge in [-0.1, -0.05) is 0 Å². The van der Waals surface area contributed by atoms with Crippen LogP contribution in [0.1, 0.15) is 72.7 Å². The van der Waals surface area contributed by atoms with Crippen molar-refractivity contribution in [3.05, 3.63) is 73.9 Å². The summed E-state index contributed by atoms with van der Waals surface area (Å²) < 4.78 is 0. The van der Waals surface area contributed by atoms with Crippen molar-refractivity contribution < 1.29 is 0 Å². The maximum Gasteiger partial charge on any atom is 0.135 e. The summed E-state index contributed by atoms with van der Waals surface area (Å²) in [6.45, 7) is 0. The third kappa shape index (κ3) is 4.53. The Kier molecular flexibility index (Phi) is 5.90. The van der Waals surface area contributed by atoms with Crippen molar-refractivity contribution in [1.29, 1.82) is 0 Å². The van der Waals surface area contributed by atoms with Crippen LogP contribution < -0.4 is 0 Å². The van der Waals surface area contributed by atoms with E-state index in [9.17, 15) is 0 Å². The van der Waals surface area contributed by atoms with Crippen LogP contribution in [0, 0.1) is 0 Å². The van der Waals surface area contributed by atoms with Gasteiger partial charge in [0.05, 0.1) is 0 Å². The molecule has 1 saturated carbocycles. The third-order valence-corrected chi connectivity index (χ3v) is 5.79. The topological polar surface area (TPSA) is 155 Å². The van der Waals surface area contributed by atoms with Gasteiger partial charge in [-0.3, -0.25) is 0 Å². The van der Waals surface area contributed by atoms with Gasteiger partial charge in [-0.15, -0.1) is 0 Å². The average molecular weight is 428 g/mol. The van der Waals surface area contributed by atoms with Crippen molar-refractivity contribution in [2.45, 2.75) is 49.4 Å². The summed E-state index contributed by atoms with van der Waals surface area (Å²) in [5.74, 6) is 3.21. The number of hydrogen-bond acceptors (Lipinski definition) is 12. The van der Waals surface area contributed by atoms with E-state index in [-0.39, 0.29) is 23.7 Å². The lowest BCUT2D eigenvalue weighted by Gasteiger charge is -2.32. The van der Waals surface area contributed by atoms with Crippen LogP contribution in [0.3, 0.4) is 0 Å². The molecule has 0 aliphatic heterocycles. The Labute approximate surface area is 183 Å². The molecule has 0 N–H and O–H groups in total. The summed E-state index contributed by atoms with van der Waals surface area (Å²) in [7, 11) is 0. The first-order valence-electron chi connectivity index (χ1n) is 10.3. The zero-order valence-electron chi connectivity index (χ0n) is 17.1. The molecule has 12 heteroatoms. The molecule has 5 rings (SSSR count). The van der Waals surface area contributed by atoms with Crippen LogP contribution in [0.15, 0.2) is 50.6 Å². The van der Waals surface area contributed by atoms with Crippen molar-refractivity contribution in [2.75, 3.05) is 0 Å². The number of nitrogens with zero attached hydrogens (tertiary/aromatic N) is 12. The Hall–Kier alpha value is -3.96. The second-order valence-electron chi connectivity index (χ2n) is 7.72. The highest BCUT2D eigenvalue weighted by atomic mass is 15.0. The van der Waals surface area contributed by atoms with Crippen LogP contribution in [-0.2, 0) is 0 Å². The zero-order valence-corrected chi connectivity index (χ0v) is 17.1. The minimum atomic E-state index is 0.0563. The lowest BCUT2D eigenvalue weighted by atomic mass is 9.74. The summed E-state index contributed by atoms with van der Waals surface area (Å²) in [5, 5.41) is 0. The Morgan fingerprint density at radius 3 is 0.719 bits per heavy atom. The number of rotatable bonds is 4. The van der Waals surface area contributed by atoms with Gasteiger partial charge in [0.25, 0.3) is 0 Å². The van der Waals surface area contributed by atoms with Crippen molar-refractivity contribution in [3.63, 3.8) is 0 Å². The quantitative estimate of drug-likeness (QED) is 0.461. The van der Waals surface area contributed by atoms with Gasteiger partial charge >= 0.3 is 0 Å². The summed E-state index contributed by atoms with van der Waals surface area (Å²) in [6.07, 6.45) is 15.3. The summed E-state index contributed by atoms with van der Waals surface area (Å²) in [6, 6.07) is 0. The van der Waals surface area contributed by atoms with Gasteiger partial charge in [0, 0.05) is 23.7 Å². The normalized spacial score (nSPS) is 23.8. The van der Waals surface area contributed by atoms with E-state index in [4.69, 9.17) is 0 Å². The molecule has 0 saturated heterocycles. The molecule has 0 amide bonds. The highest BCUT2D eigenvalue weighted by molar-refractivity contribution is 5.12. The number of aromatic nitrogens is 12. The molecule has 32 heavy (non-hydrogen) atoms. The smallest absolute Gasteiger partial charge is 0.135 e. The largest absolute Gasteiger partial charge is 0.225 e. The van der Waals surface area contributed by atoms with Gasteiger partial charge in [-0.2, -0.15) is 0 Å². The summed E-state index contributed by atoms with van der Waals surface area (Å²) in [5.41, 5.74) is 0. The van der Waals surface area contributed by atoms with Gasteiger partial charge < -0.3 is 0 Å². The molecule has 0 spiro atoms. The average Bonchev–Trinajstić information content (AvgIpc) is 2.86. The van der Waals surface area contributed by atoms with Gasteiger partial charge in [0.2, 0.25) is 0 Å². The Balaban J connectivity index is 1.55. The first kappa shape index (κ1) is 20.0. The first-order chi connectivity index (χ1) is 15.9. The maximum absolute atomic E-state index is 4.45. The van der Waals surface area contributed by atoms with E-state index in [1.54, 1.807) is 0 Å². The van der Waals surface area contributed by atoms with E-state index in [1.165, 1.54) is 50.6 Å². The molecule has 160 valence electrons. The van der Waals surface area contributed by atoms with E-state index >= 15 is 0 Å². The summed E-state index contributed by atoms with van der Waals surface area (Å²) >= 11 is 0. The van der Waals surface area contributed by atoms with Crippen LogP contribution >= 0.6 is 0 Å². The summed E-state index contributed by atoms with van der Waals surface area (Å²) in [4.78, 5) is 51.5. The highest BCUT2D eigenvalue weighted by Crippen LogP contribution is 2.45. The monoisotopic (exact) mass is 428 g/mol. The first-order valence-corrected chi connectivity index (χ1v) is 10.3. The Bertz CT molecular complexity index is 911. The van der Waals surface area contributed by atoms with E-state index in [0.717, 1.165) is 49.0 Å². The molecular weight excluding hydrogens is 408 g/mol. The fourth-order valence-corrected chi connectivity index (χ4v) is 4.44. The van der Waals surface area contributed by atoms with Gasteiger partial charge in [0.1, 0.15) is 73.9 Å². The molecule has 0 bridgehead atoms. The zero-order chi connectivity index (χ0) is 21.6. The highest BCUT2D eigenvalue weighted by Gasteiger charge is 2.35. The molecule has 0 unspecified atom stereocenters. The molecule has 4 aromatic heterocycles. The SMILES string of the molecule is c1ncnc(C2CC(c3ncncn3)CC(c3ncncn3)CC(c3ncncn3)C2)n1. The van der Waals surface area contributed by atoms with E-state index in [2.05, 4.69) is 59.8 Å². The van der Waals surface area contributed by atoms with Crippen LogP contribution in [-0.4, -0.2) is 59.8 Å². The molecule has 1 aliphatic carbocycles. The predicted molar refractivity (Wildman–Crippen MR) is 109 cm³/mol. The Morgan fingerprint density at radius 1 is 0.344 bits per heavy atom. The van der Waals surface area contributed by atoms with Crippen LogP contribution in [0.2, 0.25) is 0 Å². The molecule has 1 fully saturated rings. The minimum absolute atomic E-state index is 0.0563. The fourth-order valence-electron chi connectivity index (χ4n) is 4.44. The number of hydrogen-bond donors (Lipinski definition) is 0. The lowest BCUT2D eigenvalue weighted by molar-refractivity contribution is 0.324. The standard InChI is InChI=1S/C20H20N12/c1-13(17-25-5-21-6-26-17)2-15(19-29-9-23-10-30-19)4-16(20-31-11-24-12-32-20)3-14(1)18-27-7-22-8-28-18/h5-16H,1-4H2. The molecular formula is C20H20N12. The molecule has 0 aromatic carbocycles. The predicted octanol–water partition coefficient (Wildman–Crippen LogP) is 1.44. The molecule has 1 aliphatic rings. The van der Waals surface area contributed by atoms with Crippen molar-refractivity contribution in [1.82, 2.24) is 59.8 Å². The second kappa shape index (κ2) is 9.45. The van der Waals surface area contributed by atoms with E-state index < -0.39 is 0 Å². The molecule has 0 radical (unpaired) electrons. The molecule has 4 aromatic rings. The fraction of sp³-hybridized carbons (Fsp3) is 0.400. The van der Waals surface area contributed by atoms with Crippen LogP contribution in [0.25, 0.3) is 0 Å². The lowest BCUT2D eigenvalue weighted by Crippen LogP contribution is -2.23. The van der Waals surface area contributed by atoms with Crippen molar-refractivity contribution in [2.24, 2.45) is 0 Å². The molecule has 4 heterocycles. The molecule has 12 nitrogen and oxygen atoms in total. The second-order valence-corrected chi connectivity index (χ2v) is 7.72. The van der Waals surface area contributed by atoms with Gasteiger partial charge in [0.15, 0.2) is 0 Å². The van der Waals surface area contributed by atoms with Gasteiger partial charge in [-0.25, -0.2) is 59.8 Å². The van der Waals surface area contributed by atoms with Crippen LogP contribution in [0.4, 0.5) is 0 Å². The van der Waals surface area contributed by atoms with Crippen molar-refractivity contribution in [3.8, 4) is 0 Å². The molecule has 0 atom stereocenters. The van der Waals surface area contributed by atoms with Gasteiger partial charge in [-0.05, 0) is 25.7 Å². The van der Waals surface area contributed by atoms with Crippen LogP contribution in [0.5, 0.6) is 0 Å². The van der Waals surface area contributed by atoms with E-state index in [1.807, 2.05) is 0 Å². The maximum atomic E-state index is 4.45. The van der Waals surface area contributed by atoms with Crippen molar-refractivity contribution >= 4 is 0 Å². The Morgan fingerprint density at radius 2 is 0.531 bits per heavy atom.